The Labute approximate surface area is 217 Å². The molecule has 0 atom stereocenters. The normalized spacial score (nSPS) is 11.5. The van der Waals surface area contributed by atoms with Gasteiger partial charge in [-0.05, 0) is 27.5 Å². The molecule has 0 radical (unpaired) electrons. The minimum Gasteiger partial charge on any atom is -0.401 e. The van der Waals surface area contributed by atoms with Crippen LogP contribution in [0.2, 0.25) is 15.3 Å². The van der Waals surface area contributed by atoms with Gasteiger partial charge in [0, 0.05) is 0 Å². The Balaban J connectivity index is 0.000000320. The van der Waals surface area contributed by atoms with E-state index in [1.165, 1.54) is 29.1 Å². The Kier molecular flexibility index (Phi) is 9.48. The lowest BCUT2D eigenvalue weighted by molar-refractivity contribution is 0.276. The summed E-state index contributed by atoms with van der Waals surface area (Å²) >= 11 is 11.5. The molecule has 0 fully saturated rings. The summed E-state index contributed by atoms with van der Waals surface area (Å²) in [6.07, 6.45) is 2.79. The summed E-state index contributed by atoms with van der Waals surface area (Å²) < 4.78 is 6.80. The summed E-state index contributed by atoms with van der Waals surface area (Å²) in [6, 6.07) is 24.4. The van der Waals surface area contributed by atoms with Crippen molar-refractivity contribution in [3.8, 4) is 0 Å². The molecule has 1 N–H and O–H groups in total. The van der Waals surface area contributed by atoms with Crippen molar-refractivity contribution in [2.45, 2.75) is 39.0 Å². The number of aromatic nitrogens is 4. The summed E-state index contributed by atoms with van der Waals surface area (Å²) in [5, 5.41) is 11.7. The highest BCUT2D eigenvalue weighted by atomic mass is 35.5. The molecule has 35 heavy (non-hydrogen) atoms. The first-order valence-electron chi connectivity index (χ1n) is 11.0. The molecular formula is C26H28Cl2N4O2Si. The Bertz CT molecular complexity index is 1170. The Hall–Kier alpha value is -2.68. The van der Waals surface area contributed by atoms with Crippen LogP contribution in [0.15, 0.2) is 85.5 Å². The summed E-state index contributed by atoms with van der Waals surface area (Å²) in [6.45, 7) is 7.07. The van der Waals surface area contributed by atoms with Gasteiger partial charge < -0.3 is 9.53 Å². The lowest BCUT2D eigenvalue weighted by Crippen LogP contribution is -2.66. The zero-order valence-electron chi connectivity index (χ0n) is 19.9. The van der Waals surface area contributed by atoms with E-state index < -0.39 is 8.32 Å². The molecule has 0 spiro atoms. The Morgan fingerprint density at radius 2 is 1.20 bits per heavy atom. The number of benzene rings is 2. The smallest absolute Gasteiger partial charge is 0.261 e. The number of aliphatic hydroxyl groups excluding tert-OH is 1. The average Bonchev–Trinajstić information content (AvgIpc) is 2.85. The van der Waals surface area contributed by atoms with Crippen LogP contribution >= 0.6 is 23.2 Å². The van der Waals surface area contributed by atoms with Crippen LogP contribution in [0.1, 0.15) is 32.2 Å². The summed E-state index contributed by atoms with van der Waals surface area (Å²) in [5.74, 6) is 0. The molecule has 0 saturated carbocycles. The lowest BCUT2D eigenvalue weighted by atomic mass is 10.2. The minimum absolute atomic E-state index is 0.0630. The maximum atomic E-state index is 8.51. The molecule has 182 valence electrons. The topological polar surface area (TPSA) is 81.0 Å². The molecule has 2 aromatic heterocycles. The molecule has 0 amide bonds. The highest BCUT2D eigenvalue weighted by Gasteiger charge is 2.50. The molecule has 4 rings (SSSR count). The number of hydrogen-bond donors (Lipinski definition) is 1. The molecule has 0 bridgehead atoms. The van der Waals surface area contributed by atoms with Crippen molar-refractivity contribution in [2.24, 2.45) is 0 Å². The van der Waals surface area contributed by atoms with Gasteiger partial charge in [-0.15, -0.1) is 0 Å². The molecule has 2 heterocycles. The Morgan fingerprint density at radius 3 is 1.60 bits per heavy atom. The van der Waals surface area contributed by atoms with E-state index in [0.29, 0.717) is 22.6 Å². The molecule has 9 heteroatoms. The highest BCUT2D eigenvalue weighted by Crippen LogP contribution is 2.37. The molecular weight excluding hydrogens is 499 g/mol. The van der Waals surface area contributed by atoms with Crippen LogP contribution in [0.4, 0.5) is 0 Å². The number of rotatable bonds is 6. The van der Waals surface area contributed by atoms with Crippen molar-refractivity contribution in [1.29, 1.82) is 0 Å². The third-order valence-electron chi connectivity index (χ3n) is 5.40. The number of hydrogen-bond acceptors (Lipinski definition) is 6. The molecule has 0 saturated heterocycles. The fourth-order valence-electron chi connectivity index (χ4n) is 3.85. The van der Waals surface area contributed by atoms with Crippen LogP contribution in [0, 0.1) is 0 Å². The second-order valence-corrected chi connectivity index (χ2v) is 13.9. The van der Waals surface area contributed by atoms with E-state index in [0.717, 1.165) is 5.69 Å². The first kappa shape index (κ1) is 26.9. The van der Waals surface area contributed by atoms with Gasteiger partial charge in [-0.3, -0.25) is 0 Å². The van der Waals surface area contributed by atoms with Crippen molar-refractivity contribution in [3.05, 3.63) is 107 Å². The van der Waals surface area contributed by atoms with Crippen molar-refractivity contribution in [2.75, 3.05) is 0 Å². The van der Waals surface area contributed by atoms with E-state index in [1.807, 2.05) is 12.1 Å². The van der Waals surface area contributed by atoms with Crippen LogP contribution in [0.3, 0.4) is 0 Å². The van der Waals surface area contributed by atoms with Gasteiger partial charge in [0.2, 0.25) is 0 Å². The van der Waals surface area contributed by atoms with Crippen molar-refractivity contribution >= 4 is 41.9 Å². The van der Waals surface area contributed by atoms with Gasteiger partial charge >= 0.3 is 0 Å². The summed E-state index contributed by atoms with van der Waals surface area (Å²) in [4.78, 5) is 15.6. The molecule has 0 aliphatic rings. The largest absolute Gasteiger partial charge is 0.401 e. The van der Waals surface area contributed by atoms with Crippen molar-refractivity contribution < 1.29 is 9.53 Å². The van der Waals surface area contributed by atoms with E-state index >= 15 is 0 Å². The third-order valence-corrected chi connectivity index (χ3v) is 10.8. The molecule has 0 unspecified atom stereocenters. The van der Waals surface area contributed by atoms with E-state index in [1.54, 1.807) is 6.07 Å². The van der Waals surface area contributed by atoms with Gasteiger partial charge in [0.05, 0.1) is 24.6 Å². The van der Waals surface area contributed by atoms with Crippen LogP contribution in [0.25, 0.3) is 0 Å². The number of nitrogens with zero attached hydrogens (tertiary/aromatic N) is 4. The fraction of sp³-hybridized carbons (Fsp3) is 0.231. The van der Waals surface area contributed by atoms with Crippen LogP contribution in [-0.4, -0.2) is 33.4 Å². The van der Waals surface area contributed by atoms with Gasteiger partial charge in [0.15, 0.2) is 0 Å². The molecule has 0 aliphatic heterocycles. The summed E-state index contributed by atoms with van der Waals surface area (Å²) in [5.41, 5.74) is 1.33. The molecule has 0 aliphatic carbocycles. The van der Waals surface area contributed by atoms with E-state index in [4.69, 9.17) is 32.7 Å². The van der Waals surface area contributed by atoms with Gasteiger partial charge in [0.1, 0.15) is 23.0 Å². The highest BCUT2D eigenvalue weighted by molar-refractivity contribution is 6.99. The Morgan fingerprint density at radius 1 is 0.743 bits per heavy atom. The zero-order valence-corrected chi connectivity index (χ0v) is 22.4. The molecule has 6 nitrogen and oxygen atoms in total. The van der Waals surface area contributed by atoms with E-state index in [9.17, 15) is 0 Å². The second-order valence-electron chi connectivity index (χ2n) is 8.77. The van der Waals surface area contributed by atoms with Crippen molar-refractivity contribution in [3.63, 3.8) is 0 Å². The number of halogens is 2. The molecule has 4 aromatic rings. The predicted molar refractivity (Wildman–Crippen MR) is 142 cm³/mol. The van der Waals surface area contributed by atoms with E-state index in [-0.39, 0.29) is 11.6 Å². The maximum Gasteiger partial charge on any atom is 0.261 e. The number of aliphatic hydroxyl groups is 1. The average molecular weight is 528 g/mol. The third kappa shape index (κ3) is 6.93. The second kappa shape index (κ2) is 12.3. The van der Waals surface area contributed by atoms with Gasteiger partial charge in [-0.25, -0.2) is 19.9 Å². The lowest BCUT2D eigenvalue weighted by Gasteiger charge is -2.43. The predicted octanol–water partition coefficient (Wildman–Crippen LogP) is 4.83. The van der Waals surface area contributed by atoms with Gasteiger partial charge in [0.25, 0.3) is 8.32 Å². The fourth-order valence-corrected chi connectivity index (χ4v) is 8.71. The van der Waals surface area contributed by atoms with Crippen LogP contribution in [0.5, 0.6) is 0 Å². The van der Waals surface area contributed by atoms with Gasteiger partial charge in [-0.1, -0.05) is 105 Å². The summed E-state index contributed by atoms with van der Waals surface area (Å²) in [7, 11) is -2.55. The van der Waals surface area contributed by atoms with Crippen LogP contribution in [-0.2, 0) is 17.6 Å². The van der Waals surface area contributed by atoms with Gasteiger partial charge in [-0.2, -0.15) is 0 Å². The maximum absolute atomic E-state index is 8.51. The SMILES string of the molecule is CC(C)(C)[Si](OCc1cc(Cl)ncn1)(c1ccccc1)c1ccccc1.OCc1cc(Cl)ncn1. The monoisotopic (exact) mass is 526 g/mol. The minimum atomic E-state index is -2.55. The quantitative estimate of drug-likeness (QED) is 0.286. The first-order chi connectivity index (χ1) is 16.8. The van der Waals surface area contributed by atoms with Crippen molar-refractivity contribution in [1.82, 2.24) is 19.9 Å². The van der Waals surface area contributed by atoms with E-state index in [2.05, 4.69) is 89.2 Å². The molecule has 2 aromatic carbocycles. The van der Waals surface area contributed by atoms with Crippen LogP contribution < -0.4 is 10.4 Å². The zero-order chi connectivity index (χ0) is 25.3. The standard InChI is InChI=1S/C21H23ClN2OSi.C5H5ClN2O/c1-21(2,3)26(18-10-6-4-7-11-18,19-12-8-5-9-13-19)25-15-17-14-20(22)24-16-23-17;6-5-1-4(2-9)7-3-8-5/h4-14,16H,15H2,1-3H3;1,3,9H,2H2. The first-order valence-corrected chi connectivity index (χ1v) is 13.7.